The molecule has 0 unspecified atom stereocenters. The molecule has 0 amide bonds. The first-order valence-electron chi connectivity index (χ1n) is 5.54. The van der Waals surface area contributed by atoms with E-state index < -0.39 is 10.0 Å². The largest absolute Gasteiger partial charge is 0.497 e. The summed E-state index contributed by atoms with van der Waals surface area (Å²) in [5, 5.41) is 0. The van der Waals surface area contributed by atoms with Gasteiger partial charge in [-0.1, -0.05) is 0 Å². The fourth-order valence-electron chi connectivity index (χ4n) is 1.82. The number of sulfonamides is 1. The molecule has 0 fully saturated rings. The molecule has 1 aromatic carbocycles. The number of methoxy groups -OCH3 is 1. The standard InChI is InChI=1S/C11H16N2O3S2/c1-16-10-2-3-11-9(6-10)7-13(4-5-17-11)18(14,15)8-12/h2-3,6H,4-5,7-8,12H2,1H3. The van der Waals surface area contributed by atoms with E-state index in [1.165, 1.54) is 4.31 Å². The molecule has 0 atom stereocenters. The van der Waals surface area contributed by atoms with E-state index in [0.717, 1.165) is 22.0 Å². The van der Waals surface area contributed by atoms with Gasteiger partial charge in [0.05, 0.1) is 7.11 Å². The van der Waals surface area contributed by atoms with Gasteiger partial charge in [0.2, 0.25) is 10.0 Å². The Labute approximate surface area is 111 Å². The first kappa shape index (κ1) is 13.7. The van der Waals surface area contributed by atoms with Gasteiger partial charge in [-0.2, -0.15) is 4.31 Å². The second-order valence-corrected chi connectivity index (χ2v) is 7.08. The zero-order valence-electron chi connectivity index (χ0n) is 10.1. The first-order chi connectivity index (χ1) is 8.56. The molecule has 5 nitrogen and oxygen atoms in total. The van der Waals surface area contributed by atoms with Crippen LogP contribution in [0.3, 0.4) is 0 Å². The summed E-state index contributed by atoms with van der Waals surface area (Å²) < 4.78 is 30.3. The van der Waals surface area contributed by atoms with Crippen molar-refractivity contribution in [3.63, 3.8) is 0 Å². The molecular weight excluding hydrogens is 272 g/mol. The predicted molar refractivity (Wildman–Crippen MR) is 72.1 cm³/mol. The molecule has 1 aromatic rings. The molecule has 0 saturated carbocycles. The molecule has 0 radical (unpaired) electrons. The van der Waals surface area contributed by atoms with Crippen LogP contribution in [0.15, 0.2) is 23.1 Å². The van der Waals surface area contributed by atoms with Crippen LogP contribution in [-0.4, -0.2) is 38.0 Å². The van der Waals surface area contributed by atoms with Gasteiger partial charge in [0, 0.05) is 23.7 Å². The highest BCUT2D eigenvalue weighted by molar-refractivity contribution is 7.99. The summed E-state index contributed by atoms with van der Waals surface area (Å²) in [6.07, 6.45) is 0. The van der Waals surface area contributed by atoms with Gasteiger partial charge in [-0.15, -0.1) is 11.8 Å². The first-order valence-corrected chi connectivity index (χ1v) is 8.14. The lowest BCUT2D eigenvalue weighted by Crippen LogP contribution is -2.36. The van der Waals surface area contributed by atoms with Crippen LogP contribution < -0.4 is 10.5 Å². The van der Waals surface area contributed by atoms with E-state index in [2.05, 4.69) is 0 Å². The Morgan fingerprint density at radius 2 is 2.28 bits per heavy atom. The summed E-state index contributed by atoms with van der Waals surface area (Å²) in [6, 6.07) is 5.74. The summed E-state index contributed by atoms with van der Waals surface area (Å²) >= 11 is 1.66. The maximum Gasteiger partial charge on any atom is 0.227 e. The molecule has 0 spiro atoms. The minimum absolute atomic E-state index is 0.350. The van der Waals surface area contributed by atoms with Gasteiger partial charge in [-0.3, -0.25) is 0 Å². The predicted octanol–water partition coefficient (Wildman–Crippen LogP) is 0.849. The van der Waals surface area contributed by atoms with Crippen molar-refractivity contribution < 1.29 is 13.2 Å². The molecule has 2 rings (SSSR count). The molecule has 0 saturated heterocycles. The number of hydrogen-bond acceptors (Lipinski definition) is 5. The van der Waals surface area contributed by atoms with E-state index in [0.29, 0.717) is 13.1 Å². The van der Waals surface area contributed by atoms with Gasteiger partial charge < -0.3 is 10.5 Å². The zero-order chi connectivity index (χ0) is 13.2. The van der Waals surface area contributed by atoms with E-state index in [-0.39, 0.29) is 5.88 Å². The molecule has 0 aliphatic carbocycles. The summed E-state index contributed by atoms with van der Waals surface area (Å²) in [7, 11) is -1.75. The molecule has 0 aromatic heterocycles. The van der Waals surface area contributed by atoms with Crippen molar-refractivity contribution in [1.29, 1.82) is 0 Å². The number of ether oxygens (including phenoxy) is 1. The van der Waals surface area contributed by atoms with Crippen molar-refractivity contribution in [1.82, 2.24) is 4.31 Å². The molecule has 0 bridgehead atoms. The van der Waals surface area contributed by atoms with Gasteiger partial charge in [0.15, 0.2) is 0 Å². The normalized spacial score (nSPS) is 17.0. The number of fused-ring (bicyclic) bond motifs is 1. The topological polar surface area (TPSA) is 72.6 Å². The lowest BCUT2D eigenvalue weighted by atomic mass is 10.2. The van der Waals surface area contributed by atoms with Crippen LogP contribution in [0.2, 0.25) is 0 Å². The summed E-state index contributed by atoms with van der Waals surface area (Å²) in [6.45, 7) is 0.847. The Kier molecular flexibility index (Phi) is 4.16. The lowest BCUT2D eigenvalue weighted by molar-refractivity contribution is 0.407. The number of hydrogen-bond donors (Lipinski definition) is 1. The third-order valence-corrected chi connectivity index (χ3v) is 5.43. The Bertz CT molecular complexity index is 531. The highest BCUT2D eigenvalue weighted by Crippen LogP contribution is 2.31. The van der Waals surface area contributed by atoms with Crippen molar-refractivity contribution in [3.8, 4) is 5.75 Å². The number of thioether (sulfide) groups is 1. The molecule has 1 aliphatic heterocycles. The van der Waals surface area contributed by atoms with E-state index >= 15 is 0 Å². The smallest absolute Gasteiger partial charge is 0.227 e. The van der Waals surface area contributed by atoms with Crippen LogP contribution in [0.5, 0.6) is 5.75 Å². The zero-order valence-corrected chi connectivity index (χ0v) is 11.8. The monoisotopic (exact) mass is 288 g/mol. The van der Waals surface area contributed by atoms with Crippen molar-refractivity contribution >= 4 is 21.8 Å². The summed E-state index contributed by atoms with van der Waals surface area (Å²) in [5.41, 5.74) is 6.27. The molecule has 18 heavy (non-hydrogen) atoms. The SMILES string of the molecule is COc1ccc2c(c1)CN(S(=O)(=O)CN)CCS2. The van der Waals surface area contributed by atoms with E-state index in [1.54, 1.807) is 18.9 Å². The minimum Gasteiger partial charge on any atom is -0.497 e. The molecule has 1 aliphatic rings. The average molecular weight is 288 g/mol. The van der Waals surface area contributed by atoms with Gasteiger partial charge in [0.1, 0.15) is 11.6 Å². The Hall–Kier alpha value is -0.760. The van der Waals surface area contributed by atoms with E-state index in [4.69, 9.17) is 10.5 Å². The van der Waals surface area contributed by atoms with Crippen LogP contribution in [0.25, 0.3) is 0 Å². The minimum atomic E-state index is -3.35. The Balaban J connectivity index is 2.33. The Morgan fingerprint density at radius 3 is 2.94 bits per heavy atom. The van der Waals surface area contributed by atoms with Gasteiger partial charge >= 0.3 is 0 Å². The van der Waals surface area contributed by atoms with Crippen molar-refractivity contribution in [3.05, 3.63) is 23.8 Å². The maximum absolute atomic E-state index is 11.8. The van der Waals surface area contributed by atoms with Crippen LogP contribution in [0.1, 0.15) is 5.56 Å². The van der Waals surface area contributed by atoms with Crippen LogP contribution in [-0.2, 0) is 16.6 Å². The van der Waals surface area contributed by atoms with Crippen LogP contribution >= 0.6 is 11.8 Å². The molecule has 1 heterocycles. The molecule has 2 N–H and O–H groups in total. The highest BCUT2D eigenvalue weighted by Gasteiger charge is 2.24. The van der Waals surface area contributed by atoms with Crippen molar-refractivity contribution in [2.45, 2.75) is 11.4 Å². The molecule has 100 valence electrons. The van der Waals surface area contributed by atoms with Crippen LogP contribution in [0.4, 0.5) is 0 Å². The number of nitrogens with zero attached hydrogens (tertiary/aromatic N) is 1. The lowest BCUT2D eigenvalue weighted by Gasteiger charge is -2.19. The maximum atomic E-state index is 11.8. The molecular formula is C11H16N2O3S2. The van der Waals surface area contributed by atoms with Crippen LogP contribution in [0, 0.1) is 0 Å². The van der Waals surface area contributed by atoms with E-state index in [1.807, 2.05) is 18.2 Å². The molecule has 7 heteroatoms. The second-order valence-electron chi connectivity index (χ2n) is 3.93. The van der Waals surface area contributed by atoms with E-state index in [9.17, 15) is 8.42 Å². The number of rotatable bonds is 3. The van der Waals surface area contributed by atoms with Gasteiger partial charge in [-0.05, 0) is 23.8 Å². The number of benzene rings is 1. The van der Waals surface area contributed by atoms with Gasteiger partial charge in [0.25, 0.3) is 0 Å². The fourth-order valence-corrected chi connectivity index (χ4v) is 3.85. The fraction of sp³-hybridized carbons (Fsp3) is 0.455. The van der Waals surface area contributed by atoms with Crippen molar-refractivity contribution in [2.24, 2.45) is 5.73 Å². The summed E-state index contributed by atoms with van der Waals surface area (Å²) in [4.78, 5) is 1.10. The quantitative estimate of drug-likeness (QED) is 0.892. The third-order valence-electron chi connectivity index (χ3n) is 2.82. The Morgan fingerprint density at radius 1 is 1.50 bits per heavy atom. The number of nitrogens with two attached hydrogens (primary N) is 1. The summed E-state index contributed by atoms with van der Waals surface area (Å²) in [5.74, 6) is 1.12. The second kappa shape index (κ2) is 5.48. The highest BCUT2D eigenvalue weighted by atomic mass is 32.2. The van der Waals surface area contributed by atoms with Gasteiger partial charge in [-0.25, -0.2) is 8.42 Å². The third kappa shape index (κ3) is 2.80. The average Bonchev–Trinajstić information content (AvgIpc) is 2.60. The van der Waals surface area contributed by atoms with Crippen molar-refractivity contribution in [2.75, 3.05) is 25.3 Å².